The van der Waals surface area contributed by atoms with Crippen LogP contribution in [0, 0.1) is 6.92 Å². The monoisotopic (exact) mass is 310 g/mol. The molecule has 116 valence electrons. The summed E-state index contributed by atoms with van der Waals surface area (Å²) in [6.45, 7) is 1.89. The average molecular weight is 310 g/mol. The number of furan rings is 1. The van der Waals surface area contributed by atoms with Crippen LogP contribution in [-0.2, 0) is 0 Å². The van der Waals surface area contributed by atoms with Crippen LogP contribution in [0.15, 0.2) is 47.2 Å². The zero-order valence-electron chi connectivity index (χ0n) is 12.3. The van der Waals surface area contributed by atoms with Gasteiger partial charge in [0.15, 0.2) is 5.76 Å². The summed E-state index contributed by atoms with van der Waals surface area (Å²) in [5, 5.41) is 2.74. The first kappa shape index (κ1) is 14.6. The number of primary amides is 1. The van der Waals surface area contributed by atoms with E-state index in [1.165, 1.54) is 6.07 Å². The number of aromatic amines is 1. The second-order valence-electron chi connectivity index (χ2n) is 4.98. The van der Waals surface area contributed by atoms with Crippen molar-refractivity contribution in [1.29, 1.82) is 0 Å². The second-order valence-corrected chi connectivity index (χ2v) is 4.98. The summed E-state index contributed by atoms with van der Waals surface area (Å²) in [6.07, 6.45) is 2.86. The molecule has 2 amide bonds. The molecule has 3 rings (SSSR count). The zero-order chi connectivity index (χ0) is 16.4. The number of imidazole rings is 1. The smallest absolute Gasteiger partial charge is 0.291 e. The molecule has 0 unspecified atom stereocenters. The summed E-state index contributed by atoms with van der Waals surface area (Å²) in [7, 11) is 0. The summed E-state index contributed by atoms with van der Waals surface area (Å²) < 4.78 is 5.07. The quantitative estimate of drug-likeness (QED) is 0.686. The van der Waals surface area contributed by atoms with E-state index in [4.69, 9.17) is 10.2 Å². The number of para-hydroxylation sites is 1. The predicted molar refractivity (Wildman–Crippen MR) is 83.9 cm³/mol. The Labute approximate surface area is 131 Å². The van der Waals surface area contributed by atoms with Gasteiger partial charge in [-0.2, -0.15) is 0 Å². The number of H-pyrrole nitrogens is 1. The van der Waals surface area contributed by atoms with Crippen LogP contribution in [0.2, 0.25) is 0 Å². The Morgan fingerprint density at radius 2 is 2.09 bits per heavy atom. The lowest BCUT2D eigenvalue weighted by atomic mass is 10.1. The van der Waals surface area contributed by atoms with Gasteiger partial charge in [-0.1, -0.05) is 12.1 Å². The van der Waals surface area contributed by atoms with Crippen molar-refractivity contribution < 1.29 is 14.0 Å². The first-order valence-electron chi connectivity index (χ1n) is 6.85. The van der Waals surface area contributed by atoms with Gasteiger partial charge >= 0.3 is 0 Å². The van der Waals surface area contributed by atoms with Gasteiger partial charge < -0.3 is 20.5 Å². The topological polar surface area (TPSA) is 114 Å². The molecule has 0 atom stereocenters. The number of nitrogens with two attached hydrogens (primary N) is 1. The molecule has 2 aromatic heterocycles. The summed E-state index contributed by atoms with van der Waals surface area (Å²) >= 11 is 0. The largest absolute Gasteiger partial charge is 0.458 e. The molecule has 0 saturated carbocycles. The number of amides is 2. The molecule has 3 aromatic rings. The lowest BCUT2D eigenvalue weighted by molar-refractivity contribution is 0.0989. The average Bonchev–Trinajstić information content (AvgIpc) is 3.17. The molecular formula is C16H14N4O3. The predicted octanol–water partition coefficient (Wildman–Crippen LogP) is 2.33. The molecule has 7 heteroatoms. The number of nitrogens with one attached hydrogen (secondary N) is 2. The first-order chi connectivity index (χ1) is 11.0. The Morgan fingerprint density at radius 1 is 1.30 bits per heavy atom. The Balaban J connectivity index is 1.88. The van der Waals surface area contributed by atoms with Crippen molar-refractivity contribution in [2.75, 3.05) is 5.32 Å². The van der Waals surface area contributed by atoms with Crippen molar-refractivity contribution in [2.24, 2.45) is 5.73 Å². The number of hydrogen-bond acceptors (Lipinski definition) is 4. The van der Waals surface area contributed by atoms with Crippen molar-refractivity contribution >= 4 is 17.5 Å². The highest BCUT2D eigenvalue weighted by Gasteiger charge is 2.16. The molecule has 23 heavy (non-hydrogen) atoms. The molecule has 0 aliphatic carbocycles. The highest BCUT2D eigenvalue weighted by molar-refractivity contribution is 6.05. The highest BCUT2D eigenvalue weighted by Crippen LogP contribution is 2.26. The summed E-state index contributed by atoms with van der Waals surface area (Å²) in [5.74, 6) is -0.479. The van der Waals surface area contributed by atoms with Crippen molar-refractivity contribution in [3.8, 4) is 11.4 Å². The molecule has 4 N–H and O–H groups in total. The number of carbonyl (C=O) groups is 2. The maximum absolute atomic E-state index is 12.3. The molecule has 0 aliphatic heterocycles. The standard InChI is InChI=1S/C16H14N4O3/c1-9-7-18-15(19-9)11-4-2-3-5-12(11)20-16(22)13-6-10(8-23-13)14(17)21/h2-8H,1H3,(H2,17,21)(H,18,19)(H,20,22). The Morgan fingerprint density at radius 3 is 2.74 bits per heavy atom. The van der Waals surface area contributed by atoms with Crippen LogP contribution in [0.3, 0.4) is 0 Å². The number of carbonyl (C=O) groups excluding carboxylic acids is 2. The molecular weight excluding hydrogens is 296 g/mol. The summed E-state index contributed by atoms with van der Waals surface area (Å²) in [4.78, 5) is 30.7. The van der Waals surface area contributed by atoms with Crippen LogP contribution in [0.1, 0.15) is 26.6 Å². The van der Waals surface area contributed by atoms with Gasteiger partial charge in [0.1, 0.15) is 12.1 Å². The van der Waals surface area contributed by atoms with E-state index in [1.54, 1.807) is 18.3 Å². The van der Waals surface area contributed by atoms with Crippen LogP contribution in [0.25, 0.3) is 11.4 Å². The molecule has 0 saturated heterocycles. The number of rotatable bonds is 4. The normalized spacial score (nSPS) is 10.5. The number of aromatic nitrogens is 2. The van der Waals surface area contributed by atoms with Gasteiger partial charge in [0.25, 0.3) is 11.8 Å². The molecule has 0 aliphatic rings. The maximum atomic E-state index is 12.3. The Hall–Kier alpha value is -3.35. The number of nitrogens with zero attached hydrogens (tertiary/aromatic N) is 1. The number of aryl methyl sites for hydroxylation is 1. The van der Waals surface area contributed by atoms with Gasteiger partial charge in [-0.15, -0.1) is 0 Å². The molecule has 0 spiro atoms. The summed E-state index contributed by atoms with van der Waals surface area (Å²) in [6, 6.07) is 8.54. The van der Waals surface area contributed by atoms with Gasteiger partial charge in [-0.3, -0.25) is 9.59 Å². The fourth-order valence-electron chi connectivity index (χ4n) is 2.12. The third kappa shape index (κ3) is 2.98. The SMILES string of the molecule is Cc1cnc(-c2ccccc2NC(=O)c2cc(C(N)=O)co2)[nH]1. The number of benzene rings is 1. The zero-order valence-corrected chi connectivity index (χ0v) is 12.3. The second kappa shape index (κ2) is 5.80. The van der Waals surface area contributed by atoms with E-state index in [2.05, 4.69) is 15.3 Å². The Kier molecular flexibility index (Phi) is 3.68. The lowest BCUT2D eigenvalue weighted by Crippen LogP contribution is -2.13. The maximum Gasteiger partial charge on any atom is 0.291 e. The van der Waals surface area contributed by atoms with Crippen LogP contribution >= 0.6 is 0 Å². The van der Waals surface area contributed by atoms with E-state index in [-0.39, 0.29) is 11.3 Å². The van der Waals surface area contributed by atoms with Crippen LogP contribution in [0.4, 0.5) is 5.69 Å². The number of hydrogen-bond donors (Lipinski definition) is 3. The molecule has 0 bridgehead atoms. The van der Waals surface area contributed by atoms with Gasteiger partial charge in [-0.05, 0) is 19.1 Å². The first-order valence-corrected chi connectivity index (χ1v) is 6.85. The molecule has 2 heterocycles. The Bertz CT molecular complexity index is 879. The molecule has 7 nitrogen and oxygen atoms in total. The van der Waals surface area contributed by atoms with Crippen LogP contribution in [-0.4, -0.2) is 21.8 Å². The molecule has 0 fully saturated rings. The third-order valence-electron chi connectivity index (χ3n) is 3.24. The van der Waals surface area contributed by atoms with E-state index in [0.717, 1.165) is 17.5 Å². The van der Waals surface area contributed by atoms with Gasteiger partial charge in [0, 0.05) is 23.5 Å². The van der Waals surface area contributed by atoms with E-state index < -0.39 is 11.8 Å². The van der Waals surface area contributed by atoms with Gasteiger partial charge in [0.2, 0.25) is 0 Å². The van der Waals surface area contributed by atoms with Crippen molar-refractivity contribution in [3.63, 3.8) is 0 Å². The minimum absolute atomic E-state index is 0.00392. The van der Waals surface area contributed by atoms with E-state index >= 15 is 0 Å². The van der Waals surface area contributed by atoms with E-state index in [1.807, 2.05) is 19.1 Å². The van der Waals surface area contributed by atoms with Gasteiger partial charge in [0.05, 0.1) is 11.3 Å². The third-order valence-corrected chi connectivity index (χ3v) is 3.24. The van der Waals surface area contributed by atoms with Crippen LogP contribution < -0.4 is 11.1 Å². The van der Waals surface area contributed by atoms with E-state index in [9.17, 15) is 9.59 Å². The minimum Gasteiger partial charge on any atom is -0.458 e. The fourth-order valence-corrected chi connectivity index (χ4v) is 2.12. The molecule has 1 aromatic carbocycles. The van der Waals surface area contributed by atoms with Gasteiger partial charge in [-0.25, -0.2) is 4.98 Å². The number of anilines is 1. The minimum atomic E-state index is -0.653. The lowest BCUT2D eigenvalue weighted by Gasteiger charge is -2.08. The summed E-state index contributed by atoms with van der Waals surface area (Å²) in [5.41, 5.74) is 7.52. The van der Waals surface area contributed by atoms with Crippen molar-refractivity contribution in [3.05, 3.63) is 59.8 Å². The van der Waals surface area contributed by atoms with Crippen molar-refractivity contribution in [1.82, 2.24) is 9.97 Å². The fraction of sp³-hybridized carbons (Fsp3) is 0.0625. The van der Waals surface area contributed by atoms with Crippen LogP contribution in [0.5, 0.6) is 0 Å². The van der Waals surface area contributed by atoms with Crippen molar-refractivity contribution in [2.45, 2.75) is 6.92 Å². The molecule has 0 radical (unpaired) electrons. The highest BCUT2D eigenvalue weighted by atomic mass is 16.3. The van der Waals surface area contributed by atoms with E-state index in [0.29, 0.717) is 11.5 Å².